The van der Waals surface area contributed by atoms with Crippen molar-refractivity contribution in [1.82, 2.24) is 10.2 Å². The number of amides is 2. The molecular formula is C37H40FN3O4S. The summed E-state index contributed by atoms with van der Waals surface area (Å²) in [6.45, 7) is 2.89. The Morgan fingerprint density at radius 2 is 1.48 bits per heavy atom. The van der Waals surface area contributed by atoms with Gasteiger partial charge in [0.1, 0.15) is 18.4 Å². The van der Waals surface area contributed by atoms with Gasteiger partial charge in [0.15, 0.2) is 0 Å². The molecule has 1 atom stereocenters. The maximum Gasteiger partial charge on any atom is 0.264 e. The smallest absolute Gasteiger partial charge is 0.264 e. The minimum atomic E-state index is -4.22. The lowest BCUT2D eigenvalue weighted by atomic mass is 10.0. The van der Waals surface area contributed by atoms with Crippen molar-refractivity contribution in [1.29, 1.82) is 0 Å². The second kappa shape index (κ2) is 14.7. The van der Waals surface area contributed by atoms with E-state index in [1.807, 2.05) is 50.2 Å². The molecule has 4 aromatic carbocycles. The maximum absolute atomic E-state index is 15.1. The highest BCUT2D eigenvalue weighted by molar-refractivity contribution is 7.92. The molecule has 240 valence electrons. The number of carbonyl (C=O) groups is 2. The number of hydrogen-bond acceptors (Lipinski definition) is 4. The van der Waals surface area contributed by atoms with Crippen molar-refractivity contribution >= 4 is 27.5 Å². The SMILES string of the molecule is Cc1cccc(N(CC(=O)N(Cc2ccccc2F)C(Cc2ccccc2)C(=O)NC2CCCC2)S(=O)(=O)c2ccccc2)c1C. The summed E-state index contributed by atoms with van der Waals surface area (Å²) >= 11 is 0. The molecule has 1 saturated carbocycles. The van der Waals surface area contributed by atoms with Crippen molar-refractivity contribution in [3.8, 4) is 0 Å². The predicted molar refractivity (Wildman–Crippen MR) is 178 cm³/mol. The van der Waals surface area contributed by atoms with Crippen LogP contribution in [0.4, 0.5) is 10.1 Å². The van der Waals surface area contributed by atoms with Crippen LogP contribution in [0.25, 0.3) is 0 Å². The van der Waals surface area contributed by atoms with E-state index in [4.69, 9.17) is 0 Å². The van der Waals surface area contributed by atoms with E-state index in [2.05, 4.69) is 5.32 Å². The van der Waals surface area contributed by atoms with Gasteiger partial charge in [-0.2, -0.15) is 0 Å². The van der Waals surface area contributed by atoms with Crippen LogP contribution in [-0.4, -0.2) is 43.8 Å². The van der Waals surface area contributed by atoms with Gasteiger partial charge in [0.25, 0.3) is 10.0 Å². The zero-order chi connectivity index (χ0) is 32.7. The number of anilines is 1. The van der Waals surface area contributed by atoms with Gasteiger partial charge in [0.05, 0.1) is 10.6 Å². The maximum atomic E-state index is 15.1. The first-order chi connectivity index (χ1) is 22.1. The molecule has 1 fully saturated rings. The third-order valence-corrected chi connectivity index (χ3v) is 10.5. The molecule has 0 bridgehead atoms. The molecule has 1 N–H and O–H groups in total. The lowest BCUT2D eigenvalue weighted by molar-refractivity contribution is -0.140. The first-order valence-electron chi connectivity index (χ1n) is 15.7. The van der Waals surface area contributed by atoms with Crippen LogP contribution in [0.15, 0.2) is 108 Å². The van der Waals surface area contributed by atoms with Crippen molar-refractivity contribution in [2.75, 3.05) is 10.8 Å². The summed E-state index contributed by atoms with van der Waals surface area (Å²) in [5.74, 6) is -1.48. The zero-order valence-electron chi connectivity index (χ0n) is 26.2. The number of sulfonamides is 1. The fraction of sp³-hybridized carbons (Fsp3) is 0.297. The summed E-state index contributed by atoms with van der Waals surface area (Å²) in [5.41, 5.74) is 2.98. The third-order valence-electron chi connectivity index (χ3n) is 8.73. The summed E-state index contributed by atoms with van der Waals surface area (Å²) in [7, 11) is -4.22. The zero-order valence-corrected chi connectivity index (χ0v) is 27.0. The van der Waals surface area contributed by atoms with Gasteiger partial charge in [-0.3, -0.25) is 13.9 Å². The summed E-state index contributed by atoms with van der Waals surface area (Å²) in [6.07, 6.45) is 3.89. The third kappa shape index (κ3) is 7.65. The minimum Gasteiger partial charge on any atom is -0.352 e. The average molecular weight is 642 g/mol. The number of nitrogens with one attached hydrogen (secondary N) is 1. The van der Waals surface area contributed by atoms with Crippen LogP contribution in [-0.2, 0) is 32.6 Å². The molecule has 9 heteroatoms. The predicted octanol–water partition coefficient (Wildman–Crippen LogP) is 6.34. The van der Waals surface area contributed by atoms with Crippen LogP contribution in [0, 0.1) is 19.7 Å². The molecule has 2 amide bonds. The highest BCUT2D eigenvalue weighted by Crippen LogP contribution is 2.29. The van der Waals surface area contributed by atoms with E-state index in [9.17, 15) is 18.0 Å². The summed E-state index contributed by atoms with van der Waals surface area (Å²) in [4.78, 5) is 30.0. The normalized spacial score (nSPS) is 14.1. The number of hydrogen-bond donors (Lipinski definition) is 1. The molecule has 0 radical (unpaired) electrons. The molecule has 0 heterocycles. The molecule has 46 heavy (non-hydrogen) atoms. The second-order valence-electron chi connectivity index (χ2n) is 11.9. The van der Waals surface area contributed by atoms with Gasteiger partial charge < -0.3 is 10.2 Å². The summed E-state index contributed by atoms with van der Waals surface area (Å²) < 4.78 is 44.6. The molecular weight excluding hydrogens is 601 g/mol. The van der Waals surface area contributed by atoms with Crippen LogP contribution in [0.2, 0.25) is 0 Å². The Hall–Kier alpha value is -4.50. The Morgan fingerprint density at radius 3 is 2.15 bits per heavy atom. The molecule has 0 saturated heterocycles. The van der Waals surface area contributed by atoms with Gasteiger partial charge in [0, 0.05) is 24.6 Å². The molecule has 0 aliphatic heterocycles. The second-order valence-corrected chi connectivity index (χ2v) is 13.7. The van der Waals surface area contributed by atoms with Crippen LogP contribution >= 0.6 is 0 Å². The van der Waals surface area contributed by atoms with Gasteiger partial charge in [-0.1, -0.05) is 91.7 Å². The molecule has 0 aromatic heterocycles. The van der Waals surface area contributed by atoms with E-state index in [1.165, 1.54) is 23.1 Å². The Labute approximate surface area is 271 Å². The Morgan fingerprint density at radius 1 is 0.848 bits per heavy atom. The van der Waals surface area contributed by atoms with Crippen molar-refractivity contribution < 1.29 is 22.4 Å². The van der Waals surface area contributed by atoms with Crippen molar-refractivity contribution in [3.05, 3.63) is 131 Å². The number of aryl methyl sites for hydroxylation is 1. The fourth-order valence-electron chi connectivity index (χ4n) is 5.97. The number of halogens is 1. The number of carbonyl (C=O) groups excluding carboxylic acids is 2. The van der Waals surface area contributed by atoms with Gasteiger partial charge in [-0.05, 0) is 67.6 Å². The van der Waals surface area contributed by atoms with E-state index >= 15 is 4.39 Å². The fourth-order valence-corrected chi connectivity index (χ4v) is 7.46. The van der Waals surface area contributed by atoms with Gasteiger partial charge >= 0.3 is 0 Å². The lowest BCUT2D eigenvalue weighted by Crippen LogP contribution is -2.54. The Bertz CT molecular complexity index is 1760. The Balaban J connectivity index is 1.59. The van der Waals surface area contributed by atoms with Crippen LogP contribution in [0.3, 0.4) is 0 Å². The van der Waals surface area contributed by atoms with E-state index in [0.717, 1.165) is 41.1 Å². The van der Waals surface area contributed by atoms with E-state index in [-0.39, 0.29) is 35.4 Å². The molecule has 5 rings (SSSR count). The first kappa shape index (κ1) is 32.9. The highest BCUT2D eigenvalue weighted by Gasteiger charge is 2.36. The van der Waals surface area contributed by atoms with Crippen LogP contribution < -0.4 is 9.62 Å². The highest BCUT2D eigenvalue weighted by atomic mass is 32.2. The minimum absolute atomic E-state index is 0.0129. The summed E-state index contributed by atoms with van der Waals surface area (Å²) in [5, 5.41) is 3.13. The van der Waals surface area contributed by atoms with Crippen LogP contribution in [0.5, 0.6) is 0 Å². The Kier molecular flexibility index (Phi) is 10.5. The number of nitrogens with zero attached hydrogens (tertiary/aromatic N) is 2. The molecule has 1 aliphatic rings. The van der Waals surface area contributed by atoms with E-state index in [0.29, 0.717) is 11.3 Å². The average Bonchev–Trinajstić information content (AvgIpc) is 3.57. The van der Waals surface area contributed by atoms with Crippen molar-refractivity contribution in [2.45, 2.75) is 69.5 Å². The van der Waals surface area contributed by atoms with Crippen molar-refractivity contribution in [3.63, 3.8) is 0 Å². The number of benzene rings is 4. The molecule has 4 aromatic rings. The standard InChI is InChI=1S/C37H40FN3O4S/c1-27-14-13-23-34(28(27)2)41(46(44,45)32-20-7-4-8-21-32)26-36(42)40(25-30-17-9-12-22-33(30)38)35(24-29-15-5-3-6-16-29)37(43)39-31-18-10-11-19-31/h3-9,12-17,20-23,31,35H,10-11,18-19,24-26H2,1-2H3,(H,39,43). The van der Waals surface area contributed by atoms with E-state index in [1.54, 1.807) is 48.5 Å². The number of rotatable bonds is 12. The lowest BCUT2D eigenvalue weighted by Gasteiger charge is -2.34. The topological polar surface area (TPSA) is 86.8 Å². The van der Waals surface area contributed by atoms with Crippen molar-refractivity contribution in [2.24, 2.45) is 0 Å². The van der Waals surface area contributed by atoms with Crippen LogP contribution in [0.1, 0.15) is 47.9 Å². The molecule has 1 unspecified atom stereocenters. The largest absolute Gasteiger partial charge is 0.352 e. The van der Waals surface area contributed by atoms with Gasteiger partial charge in [-0.15, -0.1) is 0 Å². The first-order valence-corrected chi connectivity index (χ1v) is 17.1. The molecule has 0 spiro atoms. The molecule has 7 nitrogen and oxygen atoms in total. The molecule has 1 aliphatic carbocycles. The van der Waals surface area contributed by atoms with Gasteiger partial charge in [-0.25, -0.2) is 12.8 Å². The van der Waals surface area contributed by atoms with E-state index < -0.39 is 34.3 Å². The summed E-state index contributed by atoms with van der Waals surface area (Å²) in [6, 6.07) is 27.7. The monoisotopic (exact) mass is 641 g/mol. The quantitative estimate of drug-likeness (QED) is 0.196. The van der Waals surface area contributed by atoms with Gasteiger partial charge in [0.2, 0.25) is 11.8 Å².